The highest BCUT2D eigenvalue weighted by atomic mass is 79.9. The summed E-state index contributed by atoms with van der Waals surface area (Å²) in [6, 6.07) is 1.57. The maximum Gasteiger partial charge on any atom is 0.244 e. The van der Waals surface area contributed by atoms with Gasteiger partial charge in [-0.1, -0.05) is 19.8 Å². The standard InChI is InChI=1S/C15H23BrN4O3S/c1-10-4-2-3-5-12(10)20-14(21)6-7-19-24(22,23)13-8-11(16)9-18-15(13)17/h8-10,12,19H,2-7H2,1H3,(H2,17,18)(H,20,21)/t10-,12-/m1/s1. The maximum atomic E-state index is 12.2. The van der Waals surface area contributed by atoms with Crippen molar-refractivity contribution in [1.82, 2.24) is 15.0 Å². The molecule has 1 heterocycles. The first-order valence-corrected chi connectivity index (χ1v) is 10.3. The zero-order chi connectivity index (χ0) is 17.7. The van der Waals surface area contributed by atoms with E-state index in [1.807, 2.05) is 0 Å². The first kappa shape index (κ1) is 19.1. The first-order chi connectivity index (χ1) is 11.3. The molecule has 1 aromatic heterocycles. The number of sulfonamides is 1. The van der Waals surface area contributed by atoms with Crippen LogP contribution in [0, 0.1) is 5.92 Å². The van der Waals surface area contributed by atoms with Crippen molar-refractivity contribution in [3.63, 3.8) is 0 Å². The minimum atomic E-state index is -3.80. The molecular weight excluding hydrogens is 396 g/mol. The Morgan fingerprint density at radius 1 is 1.42 bits per heavy atom. The molecular formula is C15H23BrN4O3S. The van der Waals surface area contributed by atoms with Gasteiger partial charge in [-0.2, -0.15) is 0 Å². The molecule has 0 spiro atoms. The molecule has 0 saturated heterocycles. The maximum absolute atomic E-state index is 12.2. The van der Waals surface area contributed by atoms with E-state index in [4.69, 9.17) is 5.73 Å². The Bertz CT molecular complexity index is 696. The molecule has 1 amide bonds. The van der Waals surface area contributed by atoms with E-state index in [1.165, 1.54) is 18.7 Å². The third-order valence-electron chi connectivity index (χ3n) is 4.24. The lowest BCUT2D eigenvalue weighted by atomic mass is 9.86. The summed E-state index contributed by atoms with van der Waals surface area (Å²) in [5.74, 6) is 0.245. The molecule has 1 aliphatic carbocycles. The molecule has 7 nitrogen and oxygen atoms in total. The fraction of sp³-hybridized carbons (Fsp3) is 0.600. The molecule has 0 bridgehead atoms. The number of pyridine rings is 1. The Labute approximate surface area is 151 Å². The second-order valence-corrected chi connectivity index (χ2v) is 8.77. The van der Waals surface area contributed by atoms with Crippen LogP contribution in [-0.2, 0) is 14.8 Å². The van der Waals surface area contributed by atoms with Gasteiger partial charge in [0.15, 0.2) is 0 Å². The number of aromatic nitrogens is 1. The minimum absolute atomic E-state index is 0.0151. The second-order valence-electron chi connectivity index (χ2n) is 6.12. The van der Waals surface area contributed by atoms with Crippen molar-refractivity contribution < 1.29 is 13.2 Å². The second kappa shape index (κ2) is 8.26. The third-order valence-corrected chi connectivity index (χ3v) is 6.16. The van der Waals surface area contributed by atoms with Gasteiger partial charge >= 0.3 is 0 Å². The fourth-order valence-electron chi connectivity index (χ4n) is 2.83. The highest BCUT2D eigenvalue weighted by Crippen LogP contribution is 2.23. The number of nitrogens with zero attached hydrogens (tertiary/aromatic N) is 1. The van der Waals surface area contributed by atoms with Gasteiger partial charge in [-0.3, -0.25) is 4.79 Å². The Morgan fingerprint density at radius 2 is 2.12 bits per heavy atom. The number of rotatable bonds is 6. The molecule has 1 fully saturated rings. The van der Waals surface area contributed by atoms with Gasteiger partial charge in [0, 0.05) is 29.7 Å². The van der Waals surface area contributed by atoms with Crippen molar-refractivity contribution in [3.8, 4) is 0 Å². The van der Waals surface area contributed by atoms with Gasteiger partial charge in [0.1, 0.15) is 10.7 Å². The number of nitrogens with two attached hydrogens (primary N) is 1. The third kappa shape index (κ3) is 5.15. The van der Waals surface area contributed by atoms with E-state index in [-0.39, 0.29) is 35.6 Å². The predicted octanol–water partition coefficient (Wildman–Crippen LogP) is 1.79. The van der Waals surface area contributed by atoms with E-state index in [0.29, 0.717) is 10.4 Å². The Balaban J connectivity index is 1.86. The van der Waals surface area contributed by atoms with Gasteiger partial charge in [-0.25, -0.2) is 18.1 Å². The van der Waals surface area contributed by atoms with Crippen LogP contribution < -0.4 is 15.8 Å². The lowest BCUT2D eigenvalue weighted by Gasteiger charge is -2.29. The highest BCUT2D eigenvalue weighted by Gasteiger charge is 2.23. The van der Waals surface area contributed by atoms with Crippen LogP contribution in [0.4, 0.5) is 5.82 Å². The van der Waals surface area contributed by atoms with Gasteiger partial charge < -0.3 is 11.1 Å². The number of hydrogen-bond donors (Lipinski definition) is 3. The summed E-state index contributed by atoms with van der Waals surface area (Å²) in [5, 5.41) is 3.00. The van der Waals surface area contributed by atoms with E-state index in [1.54, 1.807) is 0 Å². The molecule has 1 saturated carbocycles. The minimum Gasteiger partial charge on any atom is -0.383 e. The molecule has 0 radical (unpaired) electrons. The zero-order valence-electron chi connectivity index (χ0n) is 13.6. The van der Waals surface area contributed by atoms with Gasteiger partial charge in [-0.15, -0.1) is 0 Å². The molecule has 0 aromatic carbocycles. The van der Waals surface area contributed by atoms with E-state index in [9.17, 15) is 13.2 Å². The Morgan fingerprint density at radius 3 is 2.83 bits per heavy atom. The van der Waals surface area contributed by atoms with Crippen molar-refractivity contribution in [2.45, 2.75) is 50.0 Å². The molecule has 24 heavy (non-hydrogen) atoms. The average Bonchev–Trinajstić information content (AvgIpc) is 2.51. The number of hydrogen-bond acceptors (Lipinski definition) is 5. The quantitative estimate of drug-likeness (QED) is 0.651. The van der Waals surface area contributed by atoms with E-state index in [2.05, 4.69) is 37.9 Å². The molecule has 134 valence electrons. The van der Waals surface area contributed by atoms with Crippen molar-refractivity contribution in [3.05, 3.63) is 16.7 Å². The number of carbonyl (C=O) groups is 1. The van der Waals surface area contributed by atoms with Gasteiger partial charge in [-0.05, 0) is 40.8 Å². The van der Waals surface area contributed by atoms with Gasteiger partial charge in [0.2, 0.25) is 15.9 Å². The monoisotopic (exact) mass is 418 g/mol. The highest BCUT2D eigenvalue weighted by molar-refractivity contribution is 9.10. The molecule has 2 atom stereocenters. The van der Waals surface area contributed by atoms with Crippen LogP contribution in [0.15, 0.2) is 21.6 Å². The molecule has 0 aliphatic heterocycles. The first-order valence-electron chi connectivity index (χ1n) is 7.99. The van der Waals surface area contributed by atoms with Crippen LogP contribution >= 0.6 is 15.9 Å². The number of halogens is 1. The van der Waals surface area contributed by atoms with Crippen LogP contribution in [0.2, 0.25) is 0 Å². The van der Waals surface area contributed by atoms with Crippen molar-refractivity contribution in [2.75, 3.05) is 12.3 Å². The van der Waals surface area contributed by atoms with E-state index >= 15 is 0 Å². The van der Waals surface area contributed by atoms with Gasteiger partial charge in [0.05, 0.1) is 0 Å². The van der Waals surface area contributed by atoms with Crippen LogP contribution in [0.25, 0.3) is 0 Å². The summed E-state index contributed by atoms with van der Waals surface area (Å²) < 4.78 is 27.4. The summed E-state index contributed by atoms with van der Waals surface area (Å²) in [6.07, 6.45) is 5.94. The molecule has 9 heteroatoms. The lowest BCUT2D eigenvalue weighted by Crippen LogP contribution is -2.42. The van der Waals surface area contributed by atoms with Crippen LogP contribution in [0.5, 0.6) is 0 Å². The van der Waals surface area contributed by atoms with E-state index in [0.717, 1.165) is 19.3 Å². The molecule has 0 unspecified atom stereocenters. The predicted molar refractivity (Wildman–Crippen MR) is 95.7 cm³/mol. The lowest BCUT2D eigenvalue weighted by molar-refractivity contribution is -0.122. The summed E-state index contributed by atoms with van der Waals surface area (Å²) in [5.41, 5.74) is 5.62. The number of nitrogens with one attached hydrogen (secondary N) is 2. The molecule has 4 N–H and O–H groups in total. The normalized spacial score (nSPS) is 21.4. The average molecular weight is 419 g/mol. The topological polar surface area (TPSA) is 114 Å². The Kier molecular flexibility index (Phi) is 6.59. The SMILES string of the molecule is C[C@@H]1CCCC[C@H]1NC(=O)CCNS(=O)(=O)c1cc(Br)cnc1N. The number of amides is 1. The van der Waals surface area contributed by atoms with Gasteiger partial charge in [0.25, 0.3) is 0 Å². The fourth-order valence-corrected chi connectivity index (χ4v) is 4.45. The van der Waals surface area contributed by atoms with Crippen molar-refractivity contribution >= 4 is 37.7 Å². The molecule has 1 aliphatic rings. The van der Waals surface area contributed by atoms with E-state index < -0.39 is 10.0 Å². The van der Waals surface area contributed by atoms with Crippen molar-refractivity contribution in [2.24, 2.45) is 5.92 Å². The molecule has 2 rings (SSSR count). The zero-order valence-corrected chi connectivity index (χ0v) is 16.0. The Hall–Kier alpha value is -1.19. The van der Waals surface area contributed by atoms with Crippen LogP contribution in [0.1, 0.15) is 39.0 Å². The summed E-state index contributed by atoms with van der Waals surface area (Å²) in [6.45, 7) is 2.15. The largest absolute Gasteiger partial charge is 0.383 e. The summed E-state index contributed by atoms with van der Waals surface area (Å²) >= 11 is 3.17. The molecule has 1 aromatic rings. The smallest absolute Gasteiger partial charge is 0.244 e. The van der Waals surface area contributed by atoms with Crippen LogP contribution in [0.3, 0.4) is 0 Å². The number of carbonyl (C=O) groups excluding carboxylic acids is 1. The van der Waals surface area contributed by atoms with Crippen molar-refractivity contribution in [1.29, 1.82) is 0 Å². The van der Waals surface area contributed by atoms with Crippen LogP contribution in [-0.4, -0.2) is 31.9 Å². The summed E-state index contributed by atoms with van der Waals surface area (Å²) in [7, 11) is -3.80. The number of anilines is 1. The number of nitrogen functional groups attached to an aromatic ring is 1. The summed E-state index contributed by atoms with van der Waals surface area (Å²) in [4.78, 5) is 15.7.